The number of halogens is 2. The van der Waals surface area contributed by atoms with E-state index in [1.165, 1.54) is 36.4 Å². The number of ketones is 1. The number of sulfone groups is 1. The van der Waals surface area contributed by atoms with E-state index in [2.05, 4.69) is 0 Å². The molecule has 110 valence electrons. The molecule has 0 aromatic heterocycles. The molecule has 0 N–H and O–H groups in total. The summed E-state index contributed by atoms with van der Waals surface area (Å²) in [7, 11) is -3.77. The fraction of sp³-hybridized carbons (Fsp3) is 0.133. The van der Waals surface area contributed by atoms with Gasteiger partial charge in [-0.05, 0) is 29.8 Å². The number of carbonyl (C=O) groups excluding carboxylic acids is 1. The molecule has 0 unspecified atom stereocenters. The molecule has 0 saturated carbocycles. The number of Topliss-reactive ketones (excluding diaryl/α,β-unsaturated/α-hetero) is 1. The Morgan fingerprint density at radius 3 is 2.48 bits per heavy atom. The molecule has 0 radical (unpaired) electrons. The van der Waals surface area contributed by atoms with Gasteiger partial charge in [0, 0.05) is 11.4 Å². The average molecular weight is 327 g/mol. The fourth-order valence-electron chi connectivity index (χ4n) is 1.86. The van der Waals surface area contributed by atoms with E-state index in [9.17, 15) is 17.6 Å². The van der Waals surface area contributed by atoms with Gasteiger partial charge in [-0.25, -0.2) is 12.8 Å². The summed E-state index contributed by atoms with van der Waals surface area (Å²) in [6.07, 6.45) is -0.257. The second kappa shape index (κ2) is 6.37. The summed E-state index contributed by atoms with van der Waals surface area (Å²) in [5.74, 6) is -1.77. The Morgan fingerprint density at radius 2 is 1.81 bits per heavy atom. The van der Waals surface area contributed by atoms with Gasteiger partial charge in [0.15, 0.2) is 15.6 Å². The summed E-state index contributed by atoms with van der Waals surface area (Å²) < 4.78 is 37.6. The van der Waals surface area contributed by atoms with Crippen LogP contribution in [0.2, 0.25) is 5.02 Å². The zero-order valence-electron chi connectivity index (χ0n) is 10.9. The second-order valence-electron chi connectivity index (χ2n) is 4.52. The molecule has 0 aliphatic rings. The molecular formula is C15H12ClFO3S. The minimum absolute atomic E-state index is 0.0168. The molecule has 0 bridgehead atoms. The van der Waals surface area contributed by atoms with Gasteiger partial charge in [0.25, 0.3) is 0 Å². The Morgan fingerprint density at radius 1 is 1.10 bits per heavy atom. The van der Waals surface area contributed by atoms with Crippen LogP contribution in [-0.2, 0) is 21.1 Å². The molecule has 0 aliphatic carbocycles. The first-order valence-electron chi connectivity index (χ1n) is 6.12. The lowest BCUT2D eigenvalue weighted by molar-refractivity contribution is -0.116. The van der Waals surface area contributed by atoms with Crippen molar-refractivity contribution in [1.82, 2.24) is 0 Å². The van der Waals surface area contributed by atoms with E-state index >= 15 is 0 Å². The van der Waals surface area contributed by atoms with Crippen molar-refractivity contribution in [2.75, 3.05) is 5.75 Å². The lowest BCUT2D eigenvalue weighted by Gasteiger charge is -2.05. The molecule has 2 aromatic carbocycles. The smallest absolute Gasteiger partial charge is 0.185 e. The van der Waals surface area contributed by atoms with E-state index < -0.39 is 27.2 Å². The molecule has 6 heteroatoms. The summed E-state index contributed by atoms with van der Waals surface area (Å²) in [4.78, 5) is 11.8. The van der Waals surface area contributed by atoms with E-state index in [-0.39, 0.29) is 21.9 Å². The van der Waals surface area contributed by atoms with Gasteiger partial charge in [0.1, 0.15) is 11.6 Å². The molecule has 0 atom stereocenters. The zero-order chi connectivity index (χ0) is 15.5. The average Bonchev–Trinajstić information content (AvgIpc) is 2.41. The Balaban J connectivity index is 2.14. The molecule has 3 nitrogen and oxygen atoms in total. The van der Waals surface area contributed by atoms with Gasteiger partial charge in [0.2, 0.25) is 0 Å². The van der Waals surface area contributed by atoms with Crippen molar-refractivity contribution in [2.24, 2.45) is 0 Å². The maximum atomic E-state index is 13.4. The molecule has 0 heterocycles. The van der Waals surface area contributed by atoms with Crippen molar-refractivity contribution in [2.45, 2.75) is 11.3 Å². The third-order valence-electron chi connectivity index (χ3n) is 2.85. The predicted molar refractivity (Wildman–Crippen MR) is 78.6 cm³/mol. The van der Waals surface area contributed by atoms with Crippen LogP contribution in [0.4, 0.5) is 4.39 Å². The van der Waals surface area contributed by atoms with Gasteiger partial charge in [-0.2, -0.15) is 0 Å². The topological polar surface area (TPSA) is 51.2 Å². The van der Waals surface area contributed by atoms with Crippen LogP contribution in [0.25, 0.3) is 0 Å². The van der Waals surface area contributed by atoms with Crippen LogP contribution in [0.15, 0.2) is 53.4 Å². The molecular weight excluding hydrogens is 315 g/mol. The summed E-state index contributed by atoms with van der Waals surface area (Å²) in [6.45, 7) is 0. The van der Waals surface area contributed by atoms with E-state index in [0.29, 0.717) is 0 Å². The minimum atomic E-state index is -3.77. The Bertz CT molecular complexity index is 772. The highest BCUT2D eigenvalue weighted by Crippen LogP contribution is 2.17. The van der Waals surface area contributed by atoms with Gasteiger partial charge in [0.05, 0.1) is 4.90 Å². The Labute approximate surface area is 127 Å². The molecule has 2 aromatic rings. The van der Waals surface area contributed by atoms with Crippen molar-refractivity contribution in [1.29, 1.82) is 0 Å². The molecule has 21 heavy (non-hydrogen) atoms. The van der Waals surface area contributed by atoms with E-state index in [1.807, 2.05) is 0 Å². The fourth-order valence-corrected chi connectivity index (χ4v) is 3.40. The predicted octanol–water partition coefficient (Wildman–Crippen LogP) is 3.06. The standard InChI is InChI=1S/C15H12ClFO3S/c16-12-5-3-6-14(9-12)21(19,20)10-13(18)8-11-4-1-2-7-15(11)17/h1-7,9H,8,10H2. The quantitative estimate of drug-likeness (QED) is 0.848. The lowest BCUT2D eigenvalue weighted by Crippen LogP contribution is -2.18. The Kier molecular flexibility index (Phi) is 4.75. The summed E-state index contributed by atoms with van der Waals surface area (Å²) in [6, 6.07) is 11.5. The molecule has 0 amide bonds. The van der Waals surface area contributed by atoms with E-state index in [1.54, 1.807) is 12.1 Å². The first kappa shape index (κ1) is 15.7. The number of hydrogen-bond acceptors (Lipinski definition) is 3. The van der Waals surface area contributed by atoms with E-state index in [4.69, 9.17) is 11.6 Å². The van der Waals surface area contributed by atoms with Crippen LogP contribution in [-0.4, -0.2) is 20.0 Å². The van der Waals surface area contributed by atoms with E-state index in [0.717, 1.165) is 0 Å². The third-order valence-corrected chi connectivity index (χ3v) is 4.76. The highest BCUT2D eigenvalue weighted by atomic mass is 35.5. The normalized spacial score (nSPS) is 11.3. The van der Waals surface area contributed by atoms with Gasteiger partial charge < -0.3 is 0 Å². The Hall–Kier alpha value is -1.72. The summed E-state index contributed by atoms with van der Waals surface area (Å²) in [5.41, 5.74) is 0.184. The zero-order valence-corrected chi connectivity index (χ0v) is 12.5. The SMILES string of the molecule is O=C(Cc1ccccc1F)CS(=O)(=O)c1cccc(Cl)c1. The molecule has 0 spiro atoms. The maximum Gasteiger partial charge on any atom is 0.185 e. The van der Waals surface area contributed by atoms with Crippen molar-refractivity contribution >= 4 is 27.2 Å². The first-order chi connectivity index (χ1) is 9.88. The highest BCUT2D eigenvalue weighted by Gasteiger charge is 2.20. The van der Waals surface area contributed by atoms with Crippen molar-refractivity contribution in [3.63, 3.8) is 0 Å². The van der Waals surface area contributed by atoms with Crippen LogP contribution in [0, 0.1) is 5.82 Å². The van der Waals surface area contributed by atoms with Gasteiger partial charge >= 0.3 is 0 Å². The number of benzene rings is 2. The van der Waals surface area contributed by atoms with Crippen molar-refractivity contribution < 1.29 is 17.6 Å². The number of carbonyl (C=O) groups is 1. The third kappa shape index (κ3) is 4.12. The maximum absolute atomic E-state index is 13.4. The second-order valence-corrected chi connectivity index (χ2v) is 6.95. The highest BCUT2D eigenvalue weighted by molar-refractivity contribution is 7.92. The van der Waals surface area contributed by atoms with Crippen molar-refractivity contribution in [3.05, 3.63) is 64.9 Å². The lowest BCUT2D eigenvalue weighted by atomic mass is 10.1. The monoisotopic (exact) mass is 326 g/mol. The van der Waals surface area contributed by atoms with Crippen LogP contribution in [0.5, 0.6) is 0 Å². The first-order valence-corrected chi connectivity index (χ1v) is 8.15. The van der Waals surface area contributed by atoms with Gasteiger partial charge in [-0.15, -0.1) is 0 Å². The summed E-state index contributed by atoms with van der Waals surface area (Å²) in [5, 5.41) is 0.276. The van der Waals surface area contributed by atoms with Crippen LogP contribution >= 0.6 is 11.6 Å². The molecule has 2 rings (SSSR count). The summed E-state index contributed by atoms with van der Waals surface area (Å²) >= 11 is 5.74. The molecule has 0 aliphatic heterocycles. The number of rotatable bonds is 5. The van der Waals surface area contributed by atoms with Crippen LogP contribution in [0.1, 0.15) is 5.56 Å². The van der Waals surface area contributed by atoms with Gasteiger partial charge in [-0.3, -0.25) is 4.79 Å². The molecule has 0 saturated heterocycles. The van der Waals surface area contributed by atoms with Crippen LogP contribution < -0.4 is 0 Å². The van der Waals surface area contributed by atoms with Crippen LogP contribution in [0.3, 0.4) is 0 Å². The minimum Gasteiger partial charge on any atom is -0.298 e. The van der Waals surface area contributed by atoms with Crippen molar-refractivity contribution in [3.8, 4) is 0 Å². The largest absolute Gasteiger partial charge is 0.298 e. The molecule has 0 fully saturated rings. The number of hydrogen-bond donors (Lipinski definition) is 0. The van der Waals surface area contributed by atoms with Gasteiger partial charge in [-0.1, -0.05) is 35.9 Å².